The minimum atomic E-state index is -4.27. The normalized spacial score (nSPS) is 19.4. The van der Waals surface area contributed by atoms with E-state index in [1.54, 1.807) is 0 Å². The molecule has 0 amide bonds. The van der Waals surface area contributed by atoms with Gasteiger partial charge in [0.25, 0.3) is 0 Å². The summed E-state index contributed by atoms with van der Waals surface area (Å²) in [5.41, 5.74) is 0. The molecule has 1 aliphatic rings. The van der Waals surface area contributed by atoms with Crippen LogP contribution in [0.2, 0.25) is 0 Å². The van der Waals surface area contributed by atoms with E-state index in [4.69, 9.17) is 0 Å². The predicted molar refractivity (Wildman–Crippen MR) is 32.8 cm³/mol. The molecule has 0 atom stereocenters. The zero-order valence-corrected chi connectivity index (χ0v) is 5.43. The van der Waals surface area contributed by atoms with E-state index in [-0.39, 0.29) is 0 Å². The Labute approximate surface area is 61.2 Å². The van der Waals surface area contributed by atoms with Crippen LogP contribution in [0.5, 0.6) is 0 Å². The van der Waals surface area contributed by atoms with Gasteiger partial charge < -0.3 is 0 Å². The SMILES string of the molecule is O=C1C=CC(C(F)(F)F)C=C1. The number of alkyl halides is 3. The summed E-state index contributed by atoms with van der Waals surface area (Å²) in [7, 11) is 0. The number of carbonyl (C=O) groups is 1. The summed E-state index contributed by atoms with van der Waals surface area (Å²) in [4.78, 5) is 10.4. The van der Waals surface area contributed by atoms with Gasteiger partial charge in [-0.15, -0.1) is 0 Å². The summed E-state index contributed by atoms with van der Waals surface area (Å²) in [6, 6.07) is 0. The van der Waals surface area contributed by atoms with Crippen LogP contribution in [-0.2, 0) is 4.79 Å². The maximum atomic E-state index is 11.9. The quantitative estimate of drug-likeness (QED) is 0.531. The van der Waals surface area contributed by atoms with Crippen LogP contribution < -0.4 is 0 Å². The maximum absolute atomic E-state index is 11.9. The van der Waals surface area contributed by atoms with Gasteiger partial charge >= 0.3 is 6.18 Å². The van der Waals surface area contributed by atoms with E-state index in [1.807, 2.05) is 0 Å². The fourth-order valence-electron chi connectivity index (χ4n) is 0.735. The molecule has 0 fully saturated rings. The topological polar surface area (TPSA) is 17.1 Å². The molecule has 0 unspecified atom stereocenters. The number of ketones is 1. The van der Waals surface area contributed by atoms with E-state index < -0.39 is 17.9 Å². The summed E-state index contributed by atoms with van der Waals surface area (Å²) in [6.07, 6.45) is -0.714. The monoisotopic (exact) mass is 162 g/mol. The lowest BCUT2D eigenvalue weighted by molar-refractivity contribution is -0.149. The molecule has 1 nitrogen and oxygen atoms in total. The molecule has 0 saturated heterocycles. The van der Waals surface area contributed by atoms with Crippen molar-refractivity contribution in [2.24, 2.45) is 5.92 Å². The lowest BCUT2D eigenvalue weighted by atomic mass is 10.0. The molecule has 11 heavy (non-hydrogen) atoms. The highest BCUT2D eigenvalue weighted by molar-refractivity contribution is 6.00. The van der Waals surface area contributed by atoms with Crippen molar-refractivity contribution in [3.05, 3.63) is 24.3 Å². The predicted octanol–water partition coefficient (Wildman–Crippen LogP) is 1.86. The highest BCUT2D eigenvalue weighted by Gasteiger charge is 2.36. The summed E-state index contributed by atoms with van der Waals surface area (Å²) in [5, 5.41) is 0. The Morgan fingerprint density at radius 1 is 1.18 bits per heavy atom. The van der Waals surface area contributed by atoms with E-state index in [1.165, 1.54) is 0 Å². The van der Waals surface area contributed by atoms with Crippen LogP contribution in [-0.4, -0.2) is 12.0 Å². The fourth-order valence-corrected chi connectivity index (χ4v) is 0.735. The van der Waals surface area contributed by atoms with Gasteiger partial charge in [0, 0.05) is 0 Å². The zero-order valence-electron chi connectivity index (χ0n) is 5.43. The molecule has 0 saturated carbocycles. The Morgan fingerprint density at radius 3 is 2.00 bits per heavy atom. The first-order valence-corrected chi connectivity index (χ1v) is 2.97. The Kier molecular flexibility index (Phi) is 1.85. The van der Waals surface area contributed by atoms with E-state index in [0.717, 1.165) is 24.3 Å². The lowest BCUT2D eigenvalue weighted by Gasteiger charge is -2.13. The lowest BCUT2D eigenvalue weighted by Crippen LogP contribution is -2.20. The van der Waals surface area contributed by atoms with Crippen molar-refractivity contribution in [2.75, 3.05) is 0 Å². The summed E-state index contributed by atoms with van der Waals surface area (Å²) >= 11 is 0. The van der Waals surface area contributed by atoms with Gasteiger partial charge in [-0.1, -0.05) is 12.2 Å². The van der Waals surface area contributed by atoms with Gasteiger partial charge in [-0.05, 0) is 12.2 Å². The van der Waals surface area contributed by atoms with Crippen LogP contribution in [0.15, 0.2) is 24.3 Å². The minimum Gasteiger partial charge on any atom is -0.290 e. The molecule has 0 N–H and O–H groups in total. The van der Waals surface area contributed by atoms with Gasteiger partial charge in [0.05, 0.1) is 5.92 Å². The van der Waals surface area contributed by atoms with E-state index in [9.17, 15) is 18.0 Å². The van der Waals surface area contributed by atoms with Crippen molar-refractivity contribution in [3.63, 3.8) is 0 Å². The van der Waals surface area contributed by atoms with Crippen molar-refractivity contribution >= 4 is 5.78 Å². The van der Waals surface area contributed by atoms with Crippen LogP contribution in [0.25, 0.3) is 0 Å². The number of carbonyl (C=O) groups excluding carboxylic acids is 1. The smallest absolute Gasteiger partial charge is 0.290 e. The molecular weight excluding hydrogens is 157 g/mol. The standard InChI is InChI=1S/C7H5F3O/c8-7(9,10)5-1-3-6(11)4-2-5/h1-5H. The average Bonchev–Trinajstić information content (AvgIpc) is 1.86. The van der Waals surface area contributed by atoms with Gasteiger partial charge in [-0.25, -0.2) is 0 Å². The Morgan fingerprint density at radius 2 is 1.64 bits per heavy atom. The number of rotatable bonds is 0. The molecule has 0 bridgehead atoms. The Bertz CT molecular complexity index is 208. The Hall–Kier alpha value is -1.06. The van der Waals surface area contributed by atoms with Crippen molar-refractivity contribution < 1.29 is 18.0 Å². The van der Waals surface area contributed by atoms with Crippen molar-refractivity contribution in [1.29, 1.82) is 0 Å². The van der Waals surface area contributed by atoms with E-state index in [2.05, 4.69) is 0 Å². The molecular formula is C7H5F3O. The van der Waals surface area contributed by atoms with Crippen LogP contribution in [0.3, 0.4) is 0 Å². The second-order valence-electron chi connectivity index (χ2n) is 2.19. The molecule has 0 aromatic carbocycles. The number of hydrogen-bond donors (Lipinski definition) is 0. The summed E-state index contributed by atoms with van der Waals surface area (Å²) in [6.45, 7) is 0. The van der Waals surface area contributed by atoms with Crippen LogP contribution in [0, 0.1) is 5.92 Å². The van der Waals surface area contributed by atoms with Gasteiger partial charge in [-0.2, -0.15) is 13.2 Å². The Balaban J connectivity index is 2.73. The molecule has 0 heterocycles. The average molecular weight is 162 g/mol. The molecule has 0 radical (unpaired) electrons. The first-order chi connectivity index (χ1) is 5.00. The first-order valence-electron chi connectivity index (χ1n) is 2.97. The van der Waals surface area contributed by atoms with Gasteiger partial charge in [0.1, 0.15) is 0 Å². The third kappa shape index (κ3) is 1.93. The molecule has 4 heteroatoms. The maximum Gasteiger partial charge on any atom is 0.398 e. The van der Waals surface area contributed by atoms with Crippen molar-refractivity contribution in [2.45, 2.75) is 6.18 Å². The van der Waals surface area contributed by atoms with Gasteiger partial charge in [0.15, 0.2) is 5.78 Å². The minimum absolute atomic E-state index is 0.398. The second kappa shape index (κ2) is 2.53. The summed E-state index contributed by atoms with van der Waals surface area (Å²) in [5.74, 6) is -1.99. The molecule has 60 valence electrons. The molecule has 0 aromatic rings. The largest absolute Gasteiger partial charge is 0.398 e. The number of halogens is 3. The van der Waals surface area contributed by atoms with Gasteiger partial charge in [-0.3, -0.25) is 4.79 Å². The van der Waals surface area contributed by atoms with Crippen LogP contribution >= 0.6 is 0 Å². The number of allylic oxidation sites excluding steroid dienone is 4. The molecule has 1 rings (SSSR count). The van der Waals surface area contributed by atoms with Crippen LogP contribution in [0.1, 0.15) is 0 Å². The summed E-state index contributed by atoms with van der Waals surface area (Å²) < 4.78 is 35.6. The van der Waals surface area contributed by atoms with Crippen molar-refractivity contribution in [1.82, 2.24) is 0 Å². The second-order valence-corrected chi connectivity index (χ2v) is 2.19. The molecule has 0 aromatic heterocycles. The van der Waals surface area contributed by atoms with E-state index in [0.29, 0.717) is 0 Å². The van der Waals surface area contributed by atoms with Crippen LogP contribution in [0.4, 0.5) is 13.2 Å². The number of hydrogen-bond acceptors (Lipinski definition) is 1. The molecule has 0 spiro atoms. The highest BCUT2D eigenvalue weighted by atomic mass is 19.4. The molecule has 1 aliphatic carbocycles. The third-order valence-electron chi connectivity index (χ3n) is 1.31. The van der Waals surface area contributed by atoms with Crippen molar-refractivity contribution in [3.8, 4) is 0 Å². The third-order valence-corrected chi connectivity index (χ3v) is 1.31. The first kappa shape index (κ1) is 8.04. The fraction of sp³-hybridized carbons (Fsp3) is 0.286. The van der Waals surface area contributed by atoms with E-state index >= 15 is 0 Å². The molecule has 0 aliphatic heterocycles. The highest BCUT2D eigenvalue weighted by Crippen LogP contribution is 2.29. The zero-order chi connectivity index (χ0) is 8.48. The van der Waals surface area contributed by atoms with Gasteiger partial charge in [0.2, 0.25) is 0 Å².